The van der Waals surface area contributed by atoms with Crippen LogP contribution in [0.5, 0.6) is 0 Å². The van der Waals surface area contributed by atoms with Gasteiger partial charge in [0.2, 0.25) is 0 Å². The Bertz CT molecular complexity index is 573. The molecule has 18 heavy (non-hydrogen) atoms. The Morgan fingerprint density at radius 2 is 2.17 bits per heavy atom. The summed E-state index contributed by atoms with van der Waals surface area (Å²) in [5, 5.41) is -0.0847. The number of imidazole rings is 1. The van der Waals surface area contributed by atoms with Crippen LogP contribution in [0.15, 0.2) is 16.7 Å². The van der Waals surface area contributed by atoms with Gasteiger partial charge < -0.3 is 4.57 Å². The first-order chi connectivity index (χ1) is 8.66. The molecular formula is C13H15BrClN3. The van der Waals surface area contributed by atoms with Crippen molar-refractivity contribution in [3.8, 4) is 0 Å². The first-order valence-corrected chi connectivity index (χ1v) is 7.57. The predicted octanol–water partition coefficient (Wildman–Crippen LogP) is 4.61. The molecule has 0 aromatic carbocycles. The highest BCUT2D eigenvalue weighted by atomic mass is 79.9. The molecular weight excluding hydrogens is 314 g/mol. The van der Waals surface area contributed by atoms with E-state index in [-0.39, 0.29) is 5.38 Å². The molecule has 3 rings (SSSR count). The lowest BCUT2D eigenvalue weighted by atomic mass is 10.2. The predicted molar refractivity (Wildman–Crippen MR) is 77.0 cm³/mol. The van der Waals surface area contributed by atoms with Crippen LogP contribution >= 0.6 is 27.5 Å². The molecule has 1 atom stereocenters. The molecule has 1 fully saturated rings. The third-order valence-corrected chi connectivity index (χ3v) is 4.20. The molecule has 0 amide bonds. The molecule has 3 nitrogen and oxygen atoms in total. The van der Waals surface area contributed by atoms with Crippen molar-refractivity contribution in [2.75, 3.05) is 0 Å². The first-order valence-electron chi connectivity index (χ1n) is 6.34. The molecule has 1 aliphatic rings. The summed E-state index contributed by atoms with van der Waals surface area (Å²) >= 11 is 9.72. The second-order valence-electron chi connectivity index (χ2n) is 4.89. The van der Waals surface area contributed by atoms with Crippen molar-refractivity contribution >= 4 is 38.7 Å². The lowest BCUT2D eigenvalue weighted by molar-refractivity contribution is 0.507. The van der Waals surface area contributed by atoms with E-state index in [1.54, 1.807) is 0 Å². The van der Waals surface area contributed by atoms with Gasteiger partial charge in [-0.1, -0.05) is 12.8 Å². The van der Waals surface area contributed by atoms with Gasteiger partial charge in [-0.2, -0.15) is 0 Å². The number of pyridine rings is 1. The summed E-state index contributed by atoms with van der Waals surface area (Å²) in [4.78, 5) is 9.18. The zero-order valence-corrected chi connectivity index (χ0v) is 12.6. The topological polar surface area (TPSA) is 30.7 Å². The van der Waals surface area contributed by atoms with Crippen molar-refractivity contribution in [1.29, 1.82) is 0 Å². The molecule has 1 unspecified atom stereocenters. The Morgan fingerprint density at radius 3 is 2.83 bits per heavy atom. The fourth-order valence-corrected chi connectivity index (χ4v) is 3.25. The molecule has 2 aromatic heterocycles. The fourth-order valence-electron chi connectivity index (χ4n) is 2.78. The molecule has 0 spiro atoms. The monoisotopic (exact) mass is 327 g/mol. The number of halogens is 2. The third-order valence-electron chi connectivity index (χ3n) is 3.57. The quantitative estimate of drug-likeness (QED) is 0.754. The number of hydrogen-bond donors (Lipinski definition) is 0. The van der Waals surface area contributed by atoms with E-state index in [0.717, 1.165) is 21.5 Å². The SMILES string of the molecule is CC(Cl)c1nc2cc(Br)cnc2n1C1CCCC1. The lowest BCUT2D eigenvalue weighted by Gasteiger charge is -2.16. The van der Waals surface area contributed by atoms with E-state index in [2.05, 4.69) is 30.5 Å². The molecule has 5 heteroatoms. The Hall–Kier alpha value is -0.610. The second kappa shape index (κ2) is 4.82. The molecule has 0 N–H and O–H groups in total. The van der Waals surface area contributed by atoms with E-state index < -0.39 is 0 Å². The summed E-state index contributed by atoms with van der Waals surface area (Å²) < 4.78 is 3.21. The van der Waals surface area contributed by atoms with Gasteiger partial charge >= 0.3 is 0 Å². The Morgan fingerprint density at radius 1 is 1.44 bits per heavy atom. The average Bonchev–Trinajstić information content (AvgIpc) is 2.92. The minimum Gasteiger partial charge on any atom is -0.308 e. The van der Waals surface area contributed by atoms with Crippen molar-refractivity contribution in [3.05, 3.63) is 22.6 Å². The largest absolute Gasteiger partial charge is 0.308 e. The summed E-state index contributed by atoms with van der Waals surface area (Å²) in [6.45, 7) is 1.98. The second-order valence-corrected chi connectivity index (χ2v) is 6.46. The standard InChI is InChI=1S/C13H15BrClN3/c1-8(15)12-17-11-6-9(14)7-16-13(11)18(12)10-4-2-3-5-10/h6-8,10H,2-5H2,1H3. The summed E-state index contributed by atoms with van der Waals surface area (Å²) in [6.07, 6.45) is 6.83. The van der Waals surface area contributed by atoms with E-state index in [4.69, 9.17) is 11.6 Å². The minimum atomic E-state index is -0.0847. The van der Waals surface area contributed by atoms with Gasteiger partial charge in [0.15, 0.2) is 5.65 Å². The van der Waals surface area contributed by atoms with Gasteiger partial charge in [0.05, 0.1) is 5.38 Å². The van der Waals surface area contributed by atoms with Crippen LogP contribution in [0.3, 0.4) is 0 Å². The number of fused-ring (bicyclic) bond motifs is 1. The van der Waals surface area contributed by atoms with E-state index >= 15 is 0 Å². The van der Waals surface area contributed by atoms with Crippen LogP contribution in [0.4, 0.5) is 0 Å². The molecule has 96 valence electrons. The summed E-state index contributed by atoms with van der Waals surface area (Å²) in [7, 11) is 0. The van der Waals surface area contributed by atoms with Crippen LogP contribution in [0.2, 0.25) is 0 Å². The number of alkyl halides is 1. The van der Waals surface area contributed by atoms with E-state index in [9.17, 15) is 0 Å². The highest BCUT2D eigenvalue weighted by Gasteiger charge is 2.25. The van der Waals surface area contributed by atoms with Crippen molar-refractivity contribution in [2.24, 2.45) is 0 Å². The molecule has 0 saturated heterocycles. The molecule has 0 bridgehead atoms. The van der Waals surface area contributed by atoms with Crippen LogP contribution in [-0.4, -0.2) is 14.5 Å². The van der Waals surface area contributed by atoms with Crippen molar-refractivity contribution in [3.63, 3.8) is 0 Å². The number of nitrogens with zero attached hydrogens (tertiary/aromatic N) is 3. The smallest absolute Gasteiger partial charge is 0.160 e. The normalized spacial score (nSPS) is 18.6. The van der Waals surface area contributed by atoms with E-state index in [1.807, 2.05) is 19.2 Å². The van der Waals surface area contributed by atoms with Gasteiger partial charge in [0, 0.05) is 16.7 Å². The highest BCUT2D eigenvalue weighted by Crippen LogP contribution is 2.36. The average molecular weight is 329 g/mol. The minimum absolute atomic E-state index is 0.0847. The molecule has 1 saturated carbocycles. The zero-order chi connectivity index (χ0) is 12.7. The number of hydrogen-bond acceptors (Lipinski definition) is 2. The maximum Gasteiger partial charge on any atom is 0.160 e. The number of aromatic nitrogens is 3. The van der Waals surface area contributed by atoms with Gasteiger partial charge in [-0.15, -0.1) is 11.6 Å². The van der Waals surface area contributed by atoms with Gasteiger partial charge in [0.1, 0.15) is 11.3 Å². The maximum absolute atomic E-state index is 6.28. The van der Waals surface area contributed by atoms with E-state index in [0.29, 0.717) is 6.04 Å². The Balaban J connectivity index is 2.21. The lowest BCUT2D eigenvalue weighted by Crippen LogP contribution is -2.10. The van der Waals surface area contributed by atoms with Gasteiger partial charge in [-0.25, -0.2) is 9.97 Å². The number of rotatable bonds is 2. The van der Waals surface area contributed by atoms with Crippen molar-refractivity contribution < 1.29 is 0 Å². The molecule has 0 radical (unpaired) electrons. The molecule has 1 aliphatic carbocycles. The molecule has 2 aromatic rings. The summed E-state index contributed by atoms with van der Waals surface area (Å²) in [6, 6.07) is 2.52. The first kappa shape index (κ1) is 12.4. The van der Waals surface area contributed by atoms with Gasteiger partial charge in [-0.05, 0) is 41.8 Å². The summed E-state index contributed by atoms with van der Waals surface area (Å²) in [5.74, 6) is 0.948. The fraction of sp³-hybridized carbons (Fsp3) is 0.538. The zero-order valence-electron chi connectivity index (χ0n) is 10.2. The van der Waals surface area contributed by atoms with Crippen LogP contribution < -0.4 is 0 Å². The molecule has 2 heterocycles. The highest BCUT2D eigenvalue weighted by molar-refractivity contribution is 9.10. The molecule has 0 aliphatic heterocycles. The maximum atomic E-state index is 6.28. The van der Waals surface area contributed by atoms with Gasteiger partial charge in [-0.3, -0.25) is 0 Å². The van der Waals surface area contributed by atoms with Crippen LogP contribution in [0.1, 0.15) is 49.9 Å². The van der Waals surface area contributed by atoms with E-state index in [1.165, 1.54) is 25.7 Å². The van der Waals surface area contributed by atoms with Crippen molar-refractivity contribution in [2.45, 2.75) is 44.0 Å². The summed E-state index contributed by atoms with van der Waals surface area (Å²) in [5.41, 5.74) is 1.89. The van der Waals surface area contributed by atoms with Crippen LogP contribution in [0.25, 0.3) is 11.2 Å². The van der Waals surface area contributed by atoms with Crippen LogP contribution in [-0.2, 0) is 0 Å². The van der Waals surface area contributed by atoms with Crippen LogP contribution in [0, 0.1) is 0 Å². The third kappa shape index (κ3) is 2.05. The Labute approximate surface area is 120 Å². The van der Waals surface area contributed by atoms with Crippen molar-refractivity contribution in [1.82, 2.24) is 14.5 Å². The van der Waals surface area contributed by atoms with Gasteiger partial charge in [0.25, 0.3) is 0 Å². The Kier molecular flexibility index (Phi) is 3.32.